The maximum Gasteiger partial charge on any atom is 0.143 e. The molecule has 0 unspecified atom stereocenters. The Morgan fingerprint density at radius 2 is 1.85 bits per heavy atom. The summed E-state index contributed by atoms with van der Waals surface area (Å²) in [5, 5.41) is 13.5. The van der Waals surface area contributed by atoms with Crippen molar-refractivity contribution >= 4 is 57.3 Å². The van der Waals surface area contributed by atoms with Gasteiger partial charge < -0.3 is 5.11 Å². The zero-order chi connectivity index (χ0) is 19.4. The molecule has 0 saturated carbocycles. The second kappa shape index (κ2) is 8.98. The van der Waals surface area contributed by atoms with Crippen LogP contribution in [0.3, 0.4) is 0 Å². The molecule has 1 N–H and O–H groups in total. The molecule has 0 amide bonds. The van der Waals surface area contributed by atoms with E-state index >= 15 is 0 Å². The van der Waals surface area contributed by atoms with Crippen LogP contribution in [0.5, 0.6) is 5.75 Å². The topological polar surface area (TPSA) is 32.6 Å². The Kier molecular flexibility index (Phi) is 6.66. The van der Waals surface area contributed by atoms with Crippen molar-refractivity contribution in [1.29, 1.82) is 0 Å². The Morgan fingerprint density at radius 3 is 2.56 bits per heavy atom. The predicted octanol–water partition coefficient (Wildman–Crippen LogP) is 6.85. The molecule has 0 bridgehead atoms. The molecule has 0 aliphatic rings. The number of thiocarbonyl (C=S) groups is 1. The molecule has 0 spiro atoms. The number of rotatable bonds is 6. The lowest BCUT2D eigenvalue weighted by molar-refractivity contribution is 0.478. The first-order chi connectivity index (χ1) is 13.0. The Bertz CT molecular complexity index is 997. The summed E-state index contributed by atoms with van der Waals surface area (Å²) in [6, 6.07) is 15.4. The second-order valence-corrected chi connectivity index (χ2v) is 8.33. The summed E-state index contributed by atoms with van der Waals surface area (Å²) in [4.78, 5) is 6.17. The molecule has 138 valence electrons. The van der Waals surface area contributed by atoms with E-state index in [0.29, 0.717) is 22.2 Å². The minimum atomic E-state index is 0.202. The SMILES string of the molecule is CC(=NCC(=S)Cc1ccccc1)c1csc(-c2ccc(Cl)c(Cl)c2)c1O. The fourth-order valence-corrected chi connectivity index (χ4v) is 4.15. The van der Waals surface area contributed by atoms with E-state index in [1.54, 1.807) is 12.1 Å². The van der Waals surface area contributed by atoms with Gasteiger partial charge in [0.25, 0.3) is 0 Å². The molecule has 1 heterocycles. The van der Waals surface area contributed by atoms with Crippen LogP contribution < -0.4 is 0 Å². The van der Waals surface area contributed by atoms with Crippen molar-refractivity contribution in [2.45, 2.75) is 13.3 Å². The van der Waals surface area contributed by atoms with Crippen LogP contribution in [-0.2, 0) is 6.42 Å². The van der Waals surface area contributed by atoms with Gasteiger partial charge in [0.1, 0.15) is 5.75 Å². The zero-order valence-electron chi connectivity index (χ0n) is 14.6. The molecular formula is C21H17Cl2NOS2. The van der Waals surface area contributed by atoms with E-state index in [2.05, 4.69) is 17.1 Å². The third-order valence-electron chi connectivity index (χ3n) is 4.07. The molecule has 2 nitrogen and oxygen atoms in total. The number of aromatic hydroxyl groups is 1. The van der Waals surface area contributed by atoms with Crippen LogP contribution in [-0.4, -0.2) is 22.2 Å². The van der Waals surface area contributed by atoms with Gasteiger partial charge in [-0.1, -0.05) is 71.8 Å². The lowest BCUT2D eigenvalue weighted by Crippen LogP contribution is -2.06. The first-order valence-electron chi connectivity index (χ1n) is 8.28. The molecule has 0 atom stereocenters. The Balaban J connectivity index is 1.74. The largest absolute Gasteiger partial charge is 0.506 e. The van der Waals surface area contributed by atoms with E-state index in [-0.39, 0.29) is 5.75 Å². The zero-order valence-corrected chi connectivity index (χ0v) is 17.7. The molecule has 27 heavy (non-hydrogen) atoms. The van der Waals surface area contributed by atoms with Crippen molar-refractivity contribution < 1.29 is 5.11 Å². The van der Waals surface area contributed by atoms with Gasteiger partial charge in [-0.3, -0.25) is 4.99 Å². The quantitative estimate of drug-likeness (QED) is 0.340. The van der Waals surface area contributed by atoms with Crippen molar-refractivity contribution in [2.75, 3.05) is 6.54 Å². The fraction of sp³-hybridized carbons (Fsp3) is 0.143. The molecule has 0 radical (unpaired) electrons. The molecule has 1 aromatic heterocycles. The van der Waals surface area contributed by atoms with E-state index in [9.17, 15) is 5.11 Å². The highest BCUT2D eigenvalue weighted by Gasteiger charge is 2.15. The fourth-order valence-electron chi connectivity index (χ4n) is 2.62. The summed E-state index contributed by atoms with van der Waals surface area (Å²) >= 11 is 19.0. The lowest BCUT2D eigenvalue weighted by Gasteiger charge is -2.05. The van der Waals surface area contributed by atoms with Crippen LogP contribution in [0.2, 0.25) is 10.0 Å². The molecule has 0 aliphatic heterocycles. The van der Waals surface area contributed by atoms with Crippen molar-refractivity contribution in [2.24, 2.45) is 4.99 Å². The normalized spacial score (nSPS) is 11.6. The summed E-state index contributed by atoms with van der Waals surface area (Å²) in [6.45, 7) is 2.33. The van der Waals surface area contributed by atoms with E-state index in [1.165, 1.54) is 16.9 Å². The molecule has 3 aromatic rings. The number of thiophene rings is 1. The van der Waals surface area contributed by atoms with E-state index < -0.39 is 0 Å². The van der Waals surface area contributed by atoms with Crippen LogP contribution in [0.1, 0.15) is 18.1 Å². The predicted molar refractivity (Wildman–Crippen MR) is 121 cm³/mol. The van der Waals surface area contributed by atoms with E-state index in [1.807, 2.05) is 36.6 Å². The van der Waals surface area contributed by atoms with Gasteiger partial charge in [0.2, 0.25) is 0 Å². The maximum atomic E-state index is 10.6. The highest BCUT2D eigenvalue weighted by molar-refractivity contribution is 7.80. The highest BCUT2D eigenvalue weighted by atomic mass is 35.5. The molecule has 0 aliphatic carbocycles. The van der Waals surface area contributed by atoms with Gasteiger partial charge in [-0.2, -0.15) is 0 Å². The Hall–Kier alpha value is -1.72. The molecular weight excluding hydrogens is 417 g/mol. The van der Waals surface area contributed by atoms with E-state index in [4.69, 9.17) is 35.4 Å². The lowest BCUT2D eigenvalue weighted by atomic mass is 10.1. The smallest absolute Gasteiger partial charge is 0.143 e. The number of nitrogens with zero attached hydrogens (tertiary/aromatic N) is 1. The third-order valence-corrected chi connectivity index (χ3v) is 6.10. The number of hydrogen-bond donors (Lipinski definition) is 1. The maximum absolute atomic E-state index is 10.6. The first kappa shape index (κ1) is 20.0. The minimum absolute atomic E-state index is 0.202. The van der Waals surface area contributed by atoms with Gasteiger partial charge in [-0.25, -0.2) is 0 Å². The monoisotopic (exact) mass is 433 g/mol. The Morgan fingerprint density at radius 1 is 1.11 bits per heavy atom. The molecule has 0 saturated heterocycles. The highest BCUT2D eigenvalue weighted by Crippen LogP contribution is 2.40. The summed E-state index contributed by atoms with van der Waals surface area (Å²) in [6.07, 6.45) is 0.719. The van der Waals surface area contributed by atoms with Crippen molar-refractivity contribution in [3.63, 3.8) is 0 Å². The third kappa shape index (κ3) is 4.96. The summed E-state index contributed by atoms with van der Waals surface area (Å²) in [5.41, 5.74) is 3.47. The van der Waals surface area contributed by atoms with Crippen LogP contribution >= 0.6 is 46.8 Å². The summed E-state index contributed by atoms with van der Waals surface area (Å²) in [5.74, 6) is 0.202. The summed E-state index contributed by atoms with van der Waals surface area (Å²) < 4.78 is 0. The van der Waals surface area contributed by atoms with Gasteiger partial charge in [-0.15, -0.1) is 11.3 Å². The minimum Gasteiger partial charge on any atom is -0.506 e. The van der Waals surface area contributed by atoms with Gasteiger partial charge in [0, 0.05) is 27.9 Å². The van der Waals surface area contributed by atoms with Crippen molar-refractivity contribution in [1.82, 2.24) is 0 Å². The average Bonchev–Trinajstić information content (AvgIpc) is 3.04. The molecule has 3 rings (SSSR count). The van der Waals surface area contributed by atoms with Crippen molar-refractivity contribution in [3.05, 3.63) is 75.1 Å². The van der Waals surface area contributed by atoms with Crippen LogP contribution in [0, 0.1) is 0 Å². The second-order valence-electron chi connectivity index (χ2n) is 6.06. The van der Waals surface area contributed by atoms with Crippen LogP contribution in [0.25, 0.3) is 10.4 Å². The van der Waals surface area contributed by atoms with E-state index in [0.717, 1.165) is 27.4 Å². The number of hydrogen-bond acceptors (Lipinski definition) is 4. The first-order valence-corrected chi connectivity index (χ1v) is 10.3. The van der Waals surface area contributed by atoms with Crippen molar-refractivity contribution in [3.8, 4) is 16.2 Å². The number of halogens is 2. The molecule has 2 aromatic carbocycles. The average molecular weight is 434 g/mol. The Labute approximate surface area is 178 Å². The van der Waals surface area contributed by atoms with Gasteiger partial charge in [-0.05, 0) is 30.2 Å². The number of benzene rings is 2. The number of aliphatic imine (C=N–C) groups is 1. The summed E-state index contributed by atoms with van der Waals surface area (Å²) in [7, 11) is 0. The van der Waals surface area contributed by atoms with Crippen LogP contribution in [0.4, 0.5) is 0 Å². The van der Waals surface area contributed by atoms with Gasteiger partial charge in [0.15, 0.2) is 0 Å². The van der Waals surface area contributed by atoms with Crippen LogP contribution in [0.15, 0.2) is 58.9 Å². The van der Waals surface area contributed by atoms with Gasteiger partial charge >= 0.3 is 0 Å². The standard InChI is InChI=1S/C21H17Cl2NOS2/c1-13(24-11-16(26)9-14-5-3-2-4-6-14)17-12-27-21(20(17)25)15-7-8-18(22)19(23)10-15/h2-8,10,12,25H,9,11H2,1H3. The molecule has 0 fully saturated rings. The van der Waals surface area contributed by atoms with Gasteiger partial charge in [0.05, 0.1) is 21.5 Å². The molecule has 6 heteroatoms.